The number of hydrogen-bond donors (Lipinski definition) is 2. The first kappa shape index (κ1) is 20.3. The van der Waals surface area contributed by atoms with Gasteiger partial charge in [0.2, 0.25) is 0 Å². The second kappa shape index (κ2) is 8.32. The summed E-state index contributed by atoms with van der Waals surface area (Å²) in [6.45, 7) is 1.72. The Labute approximate surface area is 168 Å². The highest BCUT2D eigenvalue weighted by atomic mass is 32.2. The van der Waals surface area contributed by atoms with Gasteiger partial charge in [0, 0.05) is 16.9 Å². The molecule has 0 spiro atoms. The lowest BCUT2D eigenvalue weighted by Crippen LogP contribution is -2.17. The summed E-state index contributed by atoms with van der Waals surface area (Å²) in [6, 6.07) is 16.0. The molecule has 6 nitrogen and oxygen atoms in total. The summed E-state index contributed by atoms with van der Waals surface area (Å²) in [4.78, 5) is 12.6. The number of aryl methyl sites for hydroxylation is 1. The zero-order valence-corrected chi connectivity index (χ0v) is 16.6. The summed E-state index contributed by atoms with van der Waals surface area (Å²) in [6.07, 6.45) is 0. The molecule has 3 rings (SSSR count). The van der Waals surface area contributed by atoms with E-state index in [2.05, 4.69) is 10.0 Å². The van der Waals surface area contributed by atoms with Gasteiger partial charge < -0.3 is 10.1 Å². The number of hydrogen-bond acceptors (Lipinski definition) is 4. The number of ether oxygens (including phenoxy) is 1. The Kier molecular flexibility index (Phi) is 5.84. The summed E-state index contributed by atoms with van der Waals surface area (Å²) in [5, 5.41) is 2.73. The second-order valence-corrected chi connectivity index (χ2v) is 7.95. The van der Waals surface area contributed by atoms with Crippen molar-refractivity contribution in [2.24, 2.45) is 0 Å². The molecule has 29 heavy (non-hydrogen) atoms. The number of anilines is 2. The lowest BCUT2D eigenvalue weighted by atomic mass is 10.1. The molecule has 0 fully saturated rings. The lowest BCUT2D eigenvalue weighted by Gasteiger charge is -2.12. The van der Waals surface area contributed by atoms with Gasteiger partial charge in [-0.25, -0.2) is 12.8 Å². The van der Waals surface area contributed by atoms with Crippen LogP contribution in [0, 0.1) is 12.7 Å². The number of amides is 1. The van der Waals surface area contributed by atoms with Gasteiger partial charge in [0.1, 0.15) is 11.6 Å². The Morgan fingerprint density at radius 1 is 0.931 bits per heavy atom. The van der Waals surface area contributed by atoms with Gasteiger partial charge in [0.15, 0.2) is 0 Å². The molecule has 0 aliphatic heterocycles. The zero-order chi connectivity index (χ0) is 21.0. The molecule has 0 bridgehead atoms. The van der Waals surface area contributed by atoms with Crippen molar-refractivity contribution in [2.75, 3.05) is 17.1 Å². The molecular weight excluding hydrogens is 395 g/mol. The van der Waals surface area contributed by atoms with Crippen molar-refractivity contribution in [3.05, 3.63) is 83.7 Å². The molecule has 0 saturated carbocycles. The first-order chi connectivity index (χ1) is 13.8. The maximum absolute atomic E-state index is 13.0. The van der Waals surface area contributed by atoms with Crippen LogP contribution in [-0.4, -0.2) is 21.4 Å². The SMILES string of the molecule is COc1ccc(NC(=O)c2cc(S(=O)(=O)Nc3ccc(F)cc3)ccc2C)cc1. The number of carbonyl (C=O) groups is 1. The number of halogens is 1. The van der Waals surface area contributed by atoms with Crippen molar-refractivity contribution in [2.45, 2.75) is 11.8 Å². The summed E-state index contributed by atoms with van der Waals surface area (Å²) in [5.74, 6) is -0.258. The Hall–Kier alpha value is -3.39. The standard InChI is InChI=1S/C21H19FN2O4S/c1-14-3-12-19(29(26,27)24-17-6-4-15(22)5-7-17)13-20(14)21(25)23-16-8-10-18(28-2)11-9-16/h3-13,24H,1-2H3,(H,23,25). The molecule has 0 radical (unpaired) electrons. The third-order valence-corrected chi connectivity index (χ3v) is 5.59. The van der Waals surface area contributed by atoms with Crippen LogP contribution < -0.4 is 14.8 Å². The van der Waals surface area contributed by atoms with Gasteiger partial charge in [0.05, 0.1) is 12.0 Å². The minimum atomic E-state index is -3.95. The molecule has 0 atom stereocenters. The summed E-state index contributed by atoms with van der Waals surface area (Å²) in [7, 11) is -2.41. The number of methoxy groups -OCH3 is 1. The largest absolute Gasteiger partial charge is 0.497 e. The molecule has 3 aromatic rings. The molecule has 8 heteroatoms. The van der Waals surface area contributed by atoms with E-state index >= 15 is 0 Å². The summed E-state index contributed by atoms with van der Waals surface area (Å²) >= 11 is 0. The van der Waals surface area contributed by atoms with E-state index in [1.807, 2.05) is 0 Å². The molecule has 0 unspecified atom stereocenters. The maximum atomic E-state index is 13.0. The van der Waals surface area contributed by atoms with Gasteiger partial charge in [-0.3, -0.25) is 9.52 Å². The quantitative estimate of drug-likeness (QED) is 0.633. The molecule has 0 aliphatic rings. The third-order valence-electron chi connectivity index (χ3n) is 4.21. The number of nitrogens with one attached hydrogen (secondary N) is 2. The topological polar surface area (TPSA) is 84.5 Å². The predicted octanol–water partition coefficient (Wildman–Crippen LogP) is 4.20. The van der Waals surface area contributed by atoms with E-state index in [1.165, 1.54) is 24.3 Å². The van der Waals surface area contributed by atoms with E-state index in [4.69, 9.17) is 4.74 Å². The van der Waals surface area contributed by atoms with Gasteiger partial charge in [0.25, 0.3) is 15.9 Å². The first-order valence-electron chi connectivity index (χ1n) is 8.63. The molecular formula is C21H19FN2O4S. The zero-order valence-electron chi connectivity index (χ0n) is 15.8. The van der Waals surface area contributed by atoms with Crippen LogP contribution in [-0.2, 0) is 10.0 Å². The highest BCUT2D eigenvalue weighted by Crippen LogP contribution is 2.21. The van der Waals surface area contributed by atoms with E-state index in [0.29, 0.717) is 17.0 Å². The van der Waals surface area contributed by atoms with Crippen molar-refractivity contribution in [1.29, 1.82) is 0 Å². The van der Waals surface area contributed by atoms with E-state index < -0.39 is 21.7 Å². The third kappa shape index (κ3) is 4.91. The minimum absolute atomic E-state index is 0.0766. The number of rotatable bonds is 6. The van der Waals surface area contributed by atoms with E-state index in [-0.39, 0.29) is 16.1 Å². The van der Waals surface area contributed by atoms with Crippen molar-refractivity contribution < 1.29 is 22.3 Å². The van der Waals surface area contributed by atoms with Gasteiger partial charge >= 0.3 is 0 Å². The normalized spacial score (nSPS) is 11.0. The average Bonchev–Trinajstić information content (AvgIpc) is 2.70. The van der Waals surface area contributed by atoms with Crippen LogP contribution in [0.15, 0.2) is 71.6 Å². The Balaban J connectivity index is 1.84. The maximum Gasteiger partial charge on any atom is 0.261 e. The molecule has 0 saturated heterocycles. The Morgan fingerprint density at radius 3 is 2.17 bits per heavy atom. The van der Waals surface area contributed by atoms with Crippen LogP contribution in [0.1, 0.15) is 15.9 Å². The molecule has 2 N–H and O–H groups in total. The summed E-state index contributed by atoms with van der Waals surface area (Å²) < 4.78 is 45.8. The highest BCUT2D eigenvalue weighted by molar-refractivity contribution is 7.92. The fourth-order valence-electron chi connectivity index (χ4n) is 2.62. The highest BCUT2D eigenvalue weighted by Gasteiger charge is 2.18. The van der Waals surface area contributed by atoms with Crippen molar-refractivity contribution >= 4 is 27.3 Å². The van der Waals surface area contributed by atoms with Crippen molar-refractivity contribution in [1.82, 2.24) is 0 Å². The molecule has 150 valence electrons. The molecule has 0 aromatic heterocycles. The number of carbonyl (C=O) groups excluding carboxylic acids is 1. The van der Waals surface area contributed by atoms with Crippen LogP contribution in [0.4, 0.5) is 15.8 Å². The monoisotopic (exact) mass is 414 g/mol. The van der Waals surface area contributed by atoms with Crippen LogP contribution in [0.5, 0.6) is 5.75 Å². The second-order valence-electron chi connectivity index (χ2n) is 6.27. The molecule has 1 amide bonds. The molecule has 0 heterocycles. The fraction of sp³-hybridized carbons (Fsp3) is 0.0952. The van der Waals surface area contributed by atoms with Gasteiger partial charge in [-0.2, -0.15) is 0 Å². The Bertz CT molecular complexity index is 1130. The fourth-order valence-corrected chi connectivity index (χ4v) is 3.70. The van der Waals surface area contributed by atoms with Crippen molar-refractivity contribution in [3.8, 4) is 5.75 Å². The molecule has 3 aromatic carbocycles. The van der Waals surface area contributed by atoms with E-state index in [9.17, 15) is 17.6 Å². The van der Waals surface area contributed by atoms with Crippen LogP contribution >= 0.6 is 0 Å². The minimum Gasteiger partial charge on any atom is -0.497 e. The molecule has 0 aliphatic carbocycles. The smallest absolute Gasteiger partial charge is 0.261 e. The predicted molar refractivity (Wildman–Crippen MR) is 109 cm³/mol. The van der Waals surface area contributed by atoms with Crippen LogP contribution in [0.3, 0.4) is 0 Å². The van der Waals surface area contributed by atoms with Gasteiger partial charge in [-0.15, -0.1) is 0 Å². The van der Waals surface area contributed by atoms with E-state index in [1.54, 1.807) is 44.4 Å². The van der Waals surface area contributed by atoms with E-state index in [0.717, 1.165) is 12.1 Å². The number of benzene rings is 3. The number of sulfonamides is 1. The van der Waals surface area contributed by atoms with Crippen molar-refractivity contribution in [3.63, 3.8) is 0 Å². The average molecular weight is 414 g/mol. The Morgan fingerprint density at radius 2 is 1.55 bits per heavy atom. The van der Waals surface area contributed by atoms with Crippen LogP contribution in [0.25, 0.3) is 0 Å². The van der Waals surface area contributed by atoms with Crippen LogP contribution in [0.2, 0.25) is 0 Å². The lowest BCUT2D eigenvalue weighted by molar-refractivity contribution is 0.102. The van der Waals surface area contributed by atoms with Gasteiger partial charge in [-0.1, -0.05) is 6.07 Å². The summed E-state index contributed by atoms with van der Waals surface area (Å²) in [5.41, 5.74) is 1.61. The van der Waals surface area contributed by atoms with Gasteiger partial charge in [-0.05, 0) is 73.2 Å². The first-order valence-corrected chi connectivity index (χ1v) is 10.1.